The summed E-state index contributed by atoms with van der Waals surface area (Å²) in [7, 11) is 3.23. The van der Waals surface area contributed by atoms with Crippen LogP contribution in [0.3, 0.4) is 0 Å². The van der Waals surface area contributed by atoms with E-state index in [0.717, 1.165) is 25.7 Å². The van der Waals surface area contributed by atoms with Gasteiger partial charge in [-0.2, -0.15) is 0 Å². The molecule has 0 amide bonds. The summed E-state index contributed by atoms with van der Waals surface area (Å²) in [5.41, 5.74) is 5.05. The molecule has 0 saturated heterocycles. The van der Waals surface area contributed by atoms with E-state index in [4.69, 9.17) is 5.73 Å². The summed E-state index contributed by atoms with van der Waals surface area (Å²) in [6, 6.07) is -0.144. The molecule has 1 aromatic rings. The van der Waals surface area contributed by atoms with E-state index in [-0.39, 0.29) is 17.5 Å². The van der Waals surface area contributed by atoms with Crippen molar-refractivity contribution in [1.82, 2.24) is 9.55 Å². The third-order valence-electron chi connectivity index (χ3n) is 3.89. The fourth-order valence-corrected chi connectivity index (χ4v) is 2.67. The summed E-state index contributed by atoms with van der Waals surface area (Å²) in [5, 5.41) is 10.0. The largest absolute Gasteiger partial charge is 0.391 e. The number of aliphatic hydroxyl groups is 1. The van der Waals surface area contributed by atoms with Gasteiger partial charge in [0.05, 0.1) is 12.1 Å². The van der Waals surface area contributed by atoms with E-state index in [1.54, 1.807) is 11.9 Å². The minimum Gasteiger partial charge on any atom is -0.391 e. The van der Waals surface area contributed by atoms with Gasteiger partial charge in [-0.05, 0) is 12.8 Å². The summed E-state index contributed by atoms with van der Waals surface area (Å²) in [4.78, 5) is 27.3. The molecule has 1 aromatic heterocycles. The monoisotopic (exact) mass is 268 g/mol. The first-order chi connectivity index (χ1) is 8.93. The van der Waals surface area contributed by atoms with Gasteiger partial charge in [0, 0.05) is 14.1 Å². The number of nitrogens with two attached hydrogens (primary N) is 1. The van der Waals surface area contributed by atoms with Gasteiger partial charge in [0.1, 0.15) is 11.5 Å². The van der Waals surface area contributed by atoms with Gasteiger partial charge in [0.2, 0.25) is 0 Å². The summed E-state index contributed by atoms with van der Waals surface area (Å²) in [6.07, 6.45) is 3.05. The van der Waals surface area contributed by atoms with Gasteiger partial charge in [-0.25, -0.2) is 4.79 Å². The Labute approximate surface area is 110 Å². The molecule has 1 aliphatic rings. The van der Waals surface area contributed by atoms with Crippen molar-refractivity contribution in [3.8, 4) is 0 Å². The molecule has 0 spiro atoms. The molecule has 1 heterocycles. The van der Waals surface area contributed by atoms with Gasteiger partial charge >= 0.3 is 5.69 Å². The second-order valence-corrected chi connectivity index (χ2v) is 5.08. The maximum Gasteiger partial charge on any atom is 0.329 e. The van der Waals surface area contributed by atoms with Crippen LogP contribution in [0.2, 0.25) is 0 Å². The Morgan fingerprint density at radius 2 is 2.00 bits per heavy atom. The van der Waals surface area contributed by atoms with Crippen molar-refractivity contribution in [2.75, 3.05) is 17.7 Å². The number of aromatic nitrogens is 2. The number of hydrogen-bond donors (Lipinski definition) is 3. The molecule has 106 valence electrons. The van der Waals surface area contributed by atoms with E-state index in [1.807, 2.05) is 0 Å². The second kappa shape index (κ2) is 5.08. The molecule has 1 aliphatic carbocycles. The molecule has 0 bridgehead atoms. The normalized spacial score (nSPS) is 23.3. The highest BCUT2D eigenvalue weighted by Gasteiger charge is 2.29. The highest BCUT2D eigenvalue weighted by molar-refractivity contribution is 5.62. The van der Waals surface area contributed by atoms with Crippen LogP contribution in [0.15, 0.2) is 9.59 Å². The Bertz CT molecular complexity index is 577. The zero-order valence-electron chi connectivity index (χ0n) is 11.2. The van der Waals surface area contributed by atoms with Gasteiger partial charge in [0.15, 0.2) is 0 Å². The van der Waals surface area contributed by atoms with Crippen molar-refractivity contribution in [1.29, 1.82) is 0 Å². The third kappa shape index (κ3) is 2.37. The van der Waals surface area contributed by atoms with Crippen LogP contribution in [0.5, 0.6) is 0 Å². The van der Waals surface area contributed by atoms with Gasteiger partial charge in [-0.15, -0.1) is 0 Å². The first kappa shape index (κ1) is 13.7. The Morgan fingerprint density at radius 1 is 1.37 bits per heavy atom. The number of H-pyrrole nitrogens is 1. The van der Waals surface area contributed by atoms with E-state index in [0.29, 0.717) is 0 Å². The number of nitrogens with one attached hydrogen (secondary N) is 1. The predicted octanol–water partition coefficient (Wildman–Crippen LogP) is -0.604. The average molecular weight is 268 g/mol. The minimum atomic E-state index is -0.538. The summed E-state index contributed by atoms with van der Waals surface area (Å²) >= 11 is 0. The van der Waals surface area contributed by atoms with Crippen LogP contribution >= 0.6 is 0 Å². The number of rotatable bonds is 2. The zero-order valence-corrected chi connectivity index (χ0v) is 11.2. The van der Waals surface area contributed by atoms with Crippen LogP contribution in [0, 0.1) is 0 Å². The van der Waals surface area contributed by atoms with Crippen molar-refractivity contribution >= 4 is 11.5 Å². The molecule has 0 radical (unpaired) electrons. The molecule has 1 fully saturated rings. The lowest BCUT2D eigenvalue weighted by Gasteiger charge is -2.36. The Kier molecular flexibility index (Phi) is 3.66. The molecule has 4 N–H and O–H groups in total. The van der Waals surface area contributed by atoms with Crippen molar-refractivity contribution in [3.05, 3.63) is 20.8 Å². The van der Waals surface area contributed by atoms with E-state index < -0.39 is 17.4 Å². The summed E-state index contributed by atoms with van der Waals surface area (Å²) < 4.78 is 1.20. The van der Waals surface area contributed by atoms with Gasteiger partial charge < -0.3 is 15.7 Å². The van der Waals surface area contributed by atoms with Crippen LogP contribution in [0.25, 0.3) is 0 Å². The van der Waals surface area contributed by atoms with Crippen LogP contribution < -0.4 is 21.9 Å². The molecule has 0 aromatic carbocycles. The standard InChI is InChI=1S/C12H20N4O3/c1-15(7-5-3-4-6-8(7)17)9-10(13)16(2)12(19)14-11(9)18/h7-8,17H,3-6,13H2,1-2H3,(H,14,18,19). The topological polar surface area (TPSA) is 104 Å². The Morgan fingerprint density at radius 3 is 2.63 bits per heavy atom. The SMILES string of the molecule is CN(c1c(N)n(C)c(=O)[nH]c1=O)C1CCCCC1O. The van der Waals surface area contributed by atoms with E-state index in [9.17, 15) is 14.7 Å². The lowest BCUT2D eigenvalue weighted by molar-refractivity contribution is 0.106. The number of likely N-dealkylation sites (N-methyl/N-ethyl adjacent to an activating group) is 1. The van der Waals surface area contributed by atoms with Crippen LogP contribution in [0.1, 0.15) is 25.7 Å². The third-order valence-corrected chi connectivity index (χ3v) is 3.89. The highest BCUT2D eigenvalue weighted by atomic mass is 16.3. The molecule has 2 rings (SSSR count). The fourth-order valence-electron chi connectivity index (χ4n) is 2.67. The number of aromatic amines is 1. The maximum atomic E-state index is 11.9. The molecule has 7 heteroatoms. The lowest BCUT2D eigenvalue weighted by atomic mass is 9.91. The van der Waals surface area contributed by atoms with E-state index >= 15 is 0 Å². The molecular weight excluding hydrogens is 248 g/mol. The quantitative estimate of drug-likeness (QED) is 0.664. The van der Waals surface area contributed by atoms with Crippen molar-refractivity contribution < 1.29 is 5.11 Å². The molecule has 0 aliphatic heterocycles. The first-order valence-electron chi connectivity index (χ1n) is 6.43. The van der Waals surface area contributed by atoms with Gasteiger partial charge in [0.25, 0.3) is 5.56 Å². The predicted molar refractivity (Wildman–Crippen MR) is 73.4 cm³/mol. The number of nitrogen functional groups attached to an aromatic ring is 1. The van der Waals surface area contributed by atoms with Gasteiger partial charge in [-0.1, -0.05) is 12.8 Å². The lowest BCUT2D eigenvalue weighted by Crippen LogP contribution is -2.47. The number of aliphatic hydroxyl groups excluding tert-OH is 1. The molecule has 2 atom stereocenters. The fraction of sp³-hybridized carbons (Fsp3) is 0.667. The zero-order chi connectivity index (χ0) is 14.2. The van der Waals surface area contributed by atoms with Crippen molar-refractivity contribution in [2.45, 2.75) is 37.8 Å². The molecule has 1 saturated carbocycles. The first-order valence-corrected chi connectivity index (χ1v) is 6.43. The summed E-state index contributed by atoms with van der Waals surface area (Å²) in [5.74, 6) is 0.119. The smallest absolute Gasteiger partial charge is 0.329 e. The molecule has 2 unspecified atom stereocenters. The maximum absolute atomic E-state index is 11.9. The van der Waals surface area contributed by atoms with Crippen LogP contribution in [-0.2, 0) is 7.05 Å². The molecule has 7 nitrogen and oxygen atoms in total. The van der Waals surface area contributed by atoms with E-state index in [1.165, 1.54) is 11.6 Å². The highest BCUT2D eigenvalue weighted by Crippen LogP contribution is 2.26. The summed E-state index contributed by atoms with van der Waals surface area (Å²) in [6.45, 7) is 0. The Balaban J connectivity index is 2.44. The second-order valence-electron chi connectivity index (χ2n) is 5.08. The number of anilines is 2. The van der Waals surface area contributed by atoms with Crippen LogP contribution in [-0.4, -0.2) is 33.9 Å². The number of nitrogens with zero attached hydrogens (tertiary/aromatic N) is 2. The Hall–Kier alpha value is -1.76. The average Bonchev–Trinajstić information content (AvgIpc) is 2.36. The van der Waals surface area contributed by atoms with Gasteiger partial charge in [-0.3, -0.25) is 14.3 Å². The molecule has 19 heavy (non-hydrogen) atoms. The van der Waals surface area contributed by atoms with Crippen LogP contribution in [0.4, 0.5) is 11.5 Å². The van der Waals surface area contributed by atoms with E-state index in [2.05, 4.69) is 4.98 Å². The van der Waals surface area contributed by atoms with Crippen molar-refractivity contribution in [3.63, 3.8) is 0 Å². The van der Waals surface area contributed by atoms with Crippen molar-refractivity contribution in [2.24, 2.45) is 7.05 Å². The number of hydrogen-bond acceptors (Lipinski definition) is 5. The molecular formula is C12H20N4O3. The minimum absolute atomic E-state index is 0.119.